The van der Waals surface area contributed by atoms with E-state index in [9.17, 15) is 4.79 Å². The van der Waals surface area contributed by atoms with Gasteiger partial charge in [0.2, 0.25) is 11.1 Å². The first-order chi connectivity index (χ1) is 15.4. The molecule has 9 heteroatoms. The molecule has 0 saturated heterocycles. The Morgan fingerprint density at radius 2 is 2.00 bits per heavy atom. The number of allylic oxidation sites excluding steroid dienone is 2. The number of anilines is 1. The summed E-state index contributed by atoms with van der Waals surface area (Å²) in [7, 11) is 3.19. The Morgan fingerprint density at radius 3 is 2.69 bits per heavy atom. The van der Waals surface area contributed by atoms with Crippen molar-refractivity contribution in [1.29, 1.82) is 0 Å². The molecule has 1 aromatic heterocycles. The number of fused-ring (bicyclic) bond motifs is 1. The number of nitrogens with one attached hydrogen (secondary N) is 1. The van der Waals surface area contributed by atoms with Crippen LogP contribution in [-0.2, 0) is 10.5 Å². The van der Waals surface area contributed by atoms with Gasteiger partial charge >= 0.3 is 0 Å². The third kappa shape index (κ3) is 4.20. The number of thioether (sulfide) groups is 1. The lowest BCUT2D eigenvalue weighted by Crippen LogP contribution is -2.28. The van der Waals surface area contributed by atoms with Gasteiger partial charge < -0.3 is 14.8 Å². The van der Waals surface area contributed by atoms with E-state index in [2.05, 4.69) is 10.3 Å². The van der Waals surface area contributed by atoms with Crippen LogP contribution in [0.15, 0.2) is 58.9 Å². The summed E-state index contributed by atoms with van der Waals surface area (Å²) in [5, 5.41) is 9.25. The molecule has 2 heterocycles. The summed E-state index contributed by atoms with van der Waals surface area (Å²) in [5.74, 6) is 2.42. The first-order valence-electron chi connectivity index (χ1n) is 9.96. The minimum Gasteiger partial charge on any atom is -0.497 e. The van der Waals surface area contributed by atoms with Crippen LogP contribution in [-0.4, -0.2) is 34.8 Å². The Morgan fingerprint density at radius 1 is 1.22 bits per heavy atom. The molecule has 2 aromatic carbocycles. The second-order valence-corrected chi connectivity index (χ2v) is 8.62. The number of aromatic nitrogens is 3. The zero-order chi connectivity index (χ0) is 22.8. The minimum absolute atomic E-state index is 0.0516. The predicted octanol–water partition coefficient (Wildman–Crippen LogP) is 5.12. The van der Waals surface area contributed by atoms with Crippen LogP contribution in [0, 0.1) is 0 Å². The van der Waals surface area contributed by atoms with Crippen LogP contribution < -0.4 is 14.8 Å². The molecule has 4 rings (SSSR count). The molecule has 0 radical (unpaired) electrons. The Balaban J connectivity index is 1.75. The number of hydrogen-bond donors (Lipinski definition) is 1. The molecule has 3 aromatic rings. The maximum atomic E-state index is 12.6. The summed E-state index contributed by atoms with van der Waals surface area (Å²) in [6.45, 7) is 3.42. The molecule has 32 heavy (non-hydrogen) atoms. The average molecular weight is 471 g/mol. The summed E-state index contributed by atoms with van der Waals surface area (Å²) in [6, 6.07) is 12.8. The molecular formula is C23H23ClN4O3S. The molecule has 0 aliphatic carbocycles. The summed E-state index contributed by atoms with van der Waals surface area (Å²) in [5.41, 5.74) is 3.15. The summed E-state index contributed by atoms with van der Waals surface area (Å²) in [6.07, 6.45) is 0. The zero-order valence-corrected chi connectivity index (χ0v) is 19.8. The Kier molecular flexibility index (Phi) is 6.43. The van der Waals surface area contributed by atoms with Crippen LogP contribution in [0.2, 0.25) is 5.02 Å². The first kappa shape index (κ1) is 22.2. The van der Waals surface area contributed by atoms with Crippen LogP contribution in [0.3, 0.4) is 0 Å². The quantitative estimate of drug-likeness (QED) is 0.480. The number of methoxy groups -OCH3 is 2. The SMILES string of the molecule is COc1ccc(C2C(C(C)=O)=C(C)Nc3nc(SCc4ccccc4Cl)nn32)c(OC)c1. The lowest BCUT2D eigenvalue weighted by atomic mass is 9.92. The summed E-state index contributed by atoms with van der Waals surface area (Å²) < 4.78 is 12.7. The van der Waals surface area contributed by atoms with Crippen molar-refractivity contribution in [1.82, 2.24) is 14.8 Å². The van der Waals surface area contributed by atoms with Crippen molar-refractivity contribution < 1.29 is 14.3 Å². The van der Waals surface area contributed by atoms with E-state index in [1.54, 1.807) is 31.9 Å². The van der Waals surface area contributed by atoms with Gasteiger partial charge in [-0.1, -0.05) is 41.6 Å². The third-order valence-electron chi connectivity index (χ3n) is 5.26. The predicted molar refractivity (Wildman–Crippen MR) is 126 cm³/mol. The summed E-state index contributed by atoms with van der Waals surface area (Å²) >= 11 is 7.77. The lowest BCUT2D eigenvalue weighted by molar-refractivity contribution is -0.114. The Bertz CT molecular complexity index is 1210. The summed E-state index contributed by atoms with van der Waals surface area (Å²) in [4.78, 5) is 17.3. The van der Waals surface area contributed by atoms with E-state index in [4.69, 9.17) is 26.2 Å². The highest BCUT2D eigenvalue weighted by Crippen LogP contribution is 2.41. The largest absolute Gasteiger partial charge is 0.497 e. The van der Waals surface area contributed by atoms with Gasteiger partial charge in [-0.3, -0.25) is 4.79 Å². The highest BCUT2D eigenvalue weighted by Gasteiger charge is 2.34. The molecule has 1 aliphatic rings. The van der Waals surface area contributed by atoms with Crippen molar-refractivity contribution in [2.45, 2.75) is 30.8 Å². The van der Waals surface area contributed by atoms with E-state index >= 15 is 0 Å². The topological polar surface area (TPSA) is 78.3 Å². The highest BCUT2D eigenvalue weighted by molar-refractivity contribution is 7.98. The van der Waals surface area contributed by atoms with Crippen LogP contribution in [0.25, 0.3) is 0 Å². The van der Waals surface area contributed by atoms with Crippen LogP contribution in [0.1, 0.15) is 31.0 Å². The van der Waals surface area contributed by atoms with Crippen molar-refractivity contribution >= 4 is 35.1 Å². The monoisotopic (exact) mass is 470 g/mol. The number of ketones is 1. The number of carbonyl (C=O) groups excluding carboxylic acids is 1. The van der Waals surface area contributed by atoms with Crippen molar-refractivity contribution in [3.05, 3.63) is 69.9 Å². The first-order valence-corrected chi connectivity index (χ1v) is 11.3. The van der Waals surface area contributed by atoms with E-state index in [0.717, 1.165) is 16.8 Å². The van der Waals surface area contributed by atoms with Gasteiger partial charge in [-0.05, 0) is 37.6 Å². The average Bonchev–Trinajstić information content (AvgIpc) is 3.19. The number of nitrogens with zero attached hydrogens (tertiary/aromatic N) is 3. The normalized spacial score (nSPS) is 15.2. The second-order valence-electron chi connectivity index (χ2n) is 7.27. The van der Waals surface area contributed by atoms with Gasteiger partial charge in [0, 0.05) is 33.7 Å². The fourth-order valence-corrected chi connectivity index (χ4v) is 4.85. The number of Topliss-reactive ketones (excluding diaryl/α,β-unsaturated/α-hetero) is 1. The molecule has 0 fully saturated rings. The van der Waals surface area contributed by atoms with Crippen LogP contribution in [0.5, 0.6) is 11.5 Å². The third-order valence-corrected chi connectivity index (χ3v) is 6.52. The highest BCUT2D eigenvalue weighted by atomic mass is 35.5. The molecule has 0 spiro atoms. The van der Waals surface area contributed by atoms with E-state index in [1.807, 2.05) is 43.3 Å². The van der Waals surface area contributed by atoms with Crippen LogP contribution >= 0.6 is 23.4 Å². The molecule has 1 atom stereocenters. The molecule has 0 bridgehead atoms. The molecule has 0 saturated carbocycles. The molecule has 7 nitrogen and oxygen atoms in total. The van der Waals surface area contributed by atoms with Gasteiger partial charge in [0.05, 0.1) is 14.2 Å². The fourth-order valence-electron chi connectivity index (χ4n) is 3.74. The van der Waals surface area contributed by atoms with Gasteiger partial charge in [-0.25, -0.2) is 4.68 Å². The van der Waals surface area contributed by atoms with E-state index in [0.29, 0.717) is 39.0 Å². The van der Waals surface area contributed by atoms with E-state index in [1.165, 1.54) is 11.8 Å². The van der Waals surface area contributed by atoms with Gasteiger partial charge in [-0.2, -0.15) is 4.98 Å². The Hall–Kier alpha value is -2.97. The molecular weight excluding hydrogens is 448 g/mol. The molecule has 0 amide bonds. The van der Waals surface area contributed by atoms with Gasteiger partial charge in [0.25, 0.3) is 0 Å². The molecule has 1 unspecified atom stereocenters. The van der Waals surface area contributed by atoms with Crippen molar-refractivity contribution in [2.24, 2.45) is 0 Å². The standard InChI is InChI=1S/C23H23ClN4O3S/c1-13-20(14(2)29)21(17-10-9-16(30-3)11-19(17)31-4)28-22(25-13)26-23(27-28)32-12-15-7-5-6-8-18(15)24/h5-11,21H,12H2,1-4H3,(H,25,26,27). The van der Waals surface area contributed by atoms with Crippen molar-refractivity contribution in [3.63, 3.8) is 0 Å². The molecule has 1 aliphatic heterocycles. The maximum Gasteiger partial charge on any atom is 0.227 e. The van der Waals surface area contributed by atoms with Gasteiger partial charge in [-0.15, -0.1) is 5.10 Å². The minimum atomic E-state index is -0.480. The van der Waals surface area contributed by atoms with Gasteiger partial charge in [0.1, 0.15) is 17.5 Å². The number of rotatable bonds is 7. The smallest absolute Gasteiger partial charge is 0.227 e. The lowest BCUT2D eigenvalue weighted by Gasteiger charge is -2.29. The van der Waals surface area contributed by atoms with Gasteiger partial charge in [0.15, 0.2) is 5.78 Å². The zero-order valence-electron chi connectivity index (χ0n) is 18.2. The number of benzene rings is 2. The Labute approximate surface area is 195 Å². The molecule has 1 N–H and O–H groups in total. The second kappa shape index (κ2) is 9.26. The number of halogens is 1. The maximum absolute atomic E-state index is 12.6. The number of carbonyl (C=O) groups is 1. The van der Waals surface area contributed by atoms with Crippen molar-refractivity contribution in [3.8, 4) is 11.5 Å². The van der Waals surface area contributed by atoms with Crippen molar-refractivity contribution in [2.75, 3.05) is 19.5 Å². The van der Waals surface area contributed by atoms with E-state index < -0.39 is 6.04 Å². The fraction of sp³-hybridized carbons (Fsp3) is 0.261. The van der Waals surface area contributed by atoms with E-state index in [-0.39, 0.29) is 5.78 Å². The van der Waals surface area contributed by atoms with Crippen LogP contribution in [0.4, 0.5) is 5.95 Å². The number of hydrogen-bond acceptors (Lipinski definition) is 7. The number of ether oxygens (including phenoxy) is 2. The molecule has 166 valence electrons.